The predicted molar refractivity (Wildman–Crippen MR) is 74.0 cm³/mol. The minimum absolute atomic E-state index is 0.137. The molecule has 3 N–H and O–H groups in total. The van der Waals surface area contributed by atoms with Crippen LogP contribution in [-0.4, -0.2) is 40.2 Å². The Morgan fingerprint density at radius 2 is 2.10 bits per heavy atom. The van der Waals surface area contributed by atoms with Crippen LogP contribution in [0.2, 0.25) is 0 Å². The molecular formula is C14H16N2O4. The zero-order valence-corrected chi connectivity index (χ0v) is 11.1. The normalized spacial score (nSPS) is 14.7. The van der Waals surface area contributed by atoms with E-state index in [0.717, 1.165) is 12.5 Å². The van der Waals surface area contributed by atoms with Gasteiger partial charge in [0, 0.05) is 13.1 Å². The van der Waals surface area contributed by atoms with Crippen LogP contribution in [0.5, 0.6) is 5.75 Å². The van der Waals surface area contributed by atoms with E-state index in [-0.39, 0.29) is 23.0 Å². The van der Waals surface area contributed by atoms with Crippen molar-refractivity contribution in [3.05, 3.63) is 35.4 Å². The fourth-order valence-electron chi connectivity index (χ4n) is 1.97. The molecule has 0 fully saturated rings. The first kappa shape index (κ1) is 13.9. The number of phenols is 1. The molecule has 2 amide bonds. The van der Waals surface area contributed by atoms with Gasteiger partial charge in [0.1, 0.15) is 5.75 Å². The quantitative estimate of drug-likeness (QED) is 0.571. The number of phenolic OH excluding ortho intramolecular Hbond substituents is 1. The third-order valence-corrected chi connectivity index (χ3v) is 3.20. The van der Waals surface area contributed by atoms with Crippen molar-refractivity contribution < 1.29 is 19.8 Å². The van der Waals surface area contributed by atoms with Crippen molar-refractivity contribution in [1.29, 1.82) is 0 Å². The van der Waals surface area contributed by atoms with E-state index < -0.39 is 5.97 Å². The second kappa shape index (κ2) is 5.64. The summed E-state index contributed by atoms with van der Waals surface area (Å²) in [6.45, 7) is 3.13. The van der Waals surface area contributed by atoms with Gasteiger partial charge in [0.25, 0.3) is 0 Å². The summed E-state index contributed by atoms with van der Waals surface area (Å²) in [6.07, 6.45) is 2.78. The van der Waals surface area contributed by atoms with Crippen molar-refractivity contribution in [1.82, 2.24) is 4.90 Å². The van der Waals surface area contributed by atoms with Crippen LogP contribution in [0.25, 0.3) is 0 Å². The number of urea groups is 1. The number of aromatic carboxylic acids is 1. The molecule has 0 aliphatic carbocycles. The van der Waals surface area contributed by atoms with Gasteiger partial charge in [-0.3, -0.25) is 0 Å². The number of carboxylic acid groups (broad SMARTS) is 1. The standard InChI is InChI=1S/C14H16N2O4/c1-9-4-6-16(7-5-9)14(20)15-12-3-2-10(17)8-11(12)13(18)19/h2-4,8,17H,5-7H2,1H3,(H,15,20)(H,18,19). The number of carboxylic acids is 1. The number of benzene rings is 1. The molecule has 0 bridgehead atoms. The zero-order valence-electron chi connectivity index (χ0n) is 11.1. The highest BCUT2D eigenvalue weighted by atomic mass is 16.4. The first-order chi connectivity index (χ1) is 9.47. The van der Waals surface area contributed by atoms with Gasteiger partial charge in [-0.2, -0.15) is 0 Å². The first-order valence-corrected chi connectivity index (χ1v) is 6.25. The number of rotatable bonds is 2. The van der Waals surface area contributed by atoms with E-state index in [1.54, 1.807) is 4.90 Å². The van der Waals surface area contributed by atoms with Crippen LogP contribution >= 0.6 is 0 Å². The van der Waals surface area contributed by atoms with Crippen molar-refractivity contribution in [3.8, 4) is 5.75 Å². The first-order valence-electron chi connectivity index (χ1n) is 6.25. The Kier molecular flexibility index (Phi) is 3.93. The van der Waals surface area contributed by atoms with E-state index in [1.165, 1.54) is 17.7 Å². The summed E-state index contributed by atoms with van der Waals surface area (Å²) in [5.41, 5.74) is 1.28. The molecule has 1 heterocycles. The number of nitrogens with zero attached hydrogens (tertiary/aromatic N) is 1. The van der Waals surface area contributed by atoms with Crippen molar-refractivity contribution in [3.63, 3.8) is 0 Å². The number of amides is 2. The lowest BCUT2D eigenvalue weighted by Crippen LogP contribution is -2.38. The van der Waals surface area contributed by atoms with Gasteiger partial charge in [-0.1, -0.05) is 11.6 Å². The molecule has 0 saturated carbocycles. The van der Waals surface area contributed by atoms with Gasteiger partial charge in [0.05, 0.1) is 11.3 Å². The Morgan fingerprint density at radius 3 is 2.70 bits per heavy atom. The van der Waals surface area contributed by atoms with Gasteiger partial charge < -0.3 is 20.4 Å². The van der Waals surface area contributed by atoms with Crippen LogP contribution in [0.4, 0.5) is 10.5 Å². The zero-order chi connectivity index (χ0) is 14.7. The highest BCUT2D eigenvalue weighted by Gasteiger charge is 2.18. The smallest absolute Gasteiger partial charge is 0.337 e. The van der Waals surface area contributed by atoms with Crippen LogP contribution in [0.1, 0.15) is 23.7 Å². The van der Waals surface area contributed by atoms with E-state index in [9.17, 15) is 14.7 Å². The van der Waals surface area contributed by atoms with Crippen molar-refractivity contribution in [2.24, 2.45) is 0 Å². The van der Waals surface area contributed by atoms with Gasteiger partial charge in [-0.15, -0.1) is 0 Å². The summed E-state index contributed by atoms with van der Waals surface area (Å²) in [4.78, 5) is 24.8. The fraction of sp³-hybridized carbons (Fsp3) is 0.286. The summed E-state index contributed by atoms with van der Waals surface area (Å²) in [5, 5.41) is 20.9. The number of carbonyl (C=O) groups is 2. The average Bonchev–Trinajstić information content (AvgIpc) is 2.41. The summed E-state index contributed by atoms with van der Waals surface area (Å²) in [7, 11) is 0. The molecule has 0 atom stereocenters. The maximum atomic E-state index is 12.1. The van der Waals surface area contributed by atoms with Crippen molar-refractivity contribution in [2.45, 2.75) is 13.3 Å². The second-order valence-electron chi connectivity index (χ2n) is 4.71. The van der Waals surface area contributed by atoms with E-state index in [0.29, 0.717) is 13.1 Å². The van der Waals surface area contributed by atoms with Crippen LogP contribution in [0, 0.1) is 0 Å². The van der Waals surface area contributed by atoms with Gasteiger partial charge in [-0.25, -0.2) is 9.59 Å². The lowest BCUT2D eigenvalue weighted by atomic mass is 10.1. The molecule has 0 radical (unpaired) electrons. The Labute approximate surface area is 116 Å². The number of anilines is 1. The Morgan fingerprint density at radius 1 is 1.35 bits per heavy atom. The van der Waals surface area contributed by atoms with Gasteiger partial charge >= 0.3 is 12.0 Å². The Bertz CT molecular complexity index is 581. The summed E-state index contributed by atoms with van der Waals surface area (Å²) in [5.74, 6) is -1.36. The number of hydrogen-bond acceptors (Lipinski definition) is 3. The SMILES string of the molecule is CC1=CCN(C(=O)Nc2ccc(O)cc2C(=O)O)CC1. The molecule has 1 aliphatic rings. The van der Waals surface area contributed by atoms with Crippen molar-refractivity contribution >= 4 is 17.7 Å². The van der Waals surface area contributed by atoms with E-state index in [2.05, 4.69) is 5.32 Å². The highest BCUT2D eigenvalue weighted by Crippen LogP contribution is 2.22. The molecule has 6 nitrogen and oxygen atoms in total. The van der Waals surface area contributed by atoms with Crippen molar-refractivity contribution in [2.75, 3.05) is 18.4 Å². The highest BCUT2D eigenvalue weighted by molar-refractivity contribution is 6.00. The number of carbonyl (C=O) groups excluding carboxylic acids is 1. The third-order valence-electron chi connectivity index (χ3n) is 3.20. The lowest BCUT2D eigenvalue weighted by molar-refractivity contribution is 0.0697. The molecule has 0 aromatic heterocycles. The molecule has 106 valence electrons. The number of nitrogens with one attached hydrogen (secondary N) is 1. The van der Waals surface area contributed by atoms with Gasteiger partial charge in [-0.05, 0) is 31.5 Å². The van der Waals surface area contributed by atoms with E-state index >= 15 is 0 Å². The summed E-state index contributed by atoms with van der Waals surface area (Å²) >= 11 is 0. The molecule has 0 unspecified atom stereocenters. The molecule has 20 heavy (non-hydrogen) atoms. The van der Waals surface area contributed by atoms with Crippen LogP contribution in [-0.2, 0) is 0 Å². The van der Waals surface area contributed by atoms with E-state index in [4.69, 9.17) is 5.11 Å². The minimum Gasteiger partial charge on any atom is -0.508 e. The summed E-state index contributed by atoms with van der Waals surface area (Å²) in [6, 6.07) is 3.48. The maximum Gasteiger partial charge on any atom is 0.337 e. The van der Waals surface area contributed by atoms with Crippen LogP contribution < -0.4 is 5.32 Å². The molecule has 1 aliphatic heterocycles. The molecule has 1 aromatic carbocycles. The molecule has 0 spiro atoms. The van der Waals surface area contributed by atoms with Gasteiger partial charge in [0.15, 0.2) is 0 Å². The fourth-order valence-corrected chi connectivity index (χ4v) is 1.97. The molecule has 2 rings (SSSR count). The Hall–Kier alpha value is -2.50. The maximum absolute atomic E-state index is 12.1. The third kappa shape index (κ3) is 3.09. The molecular weight excluding hydrogens is 260 g/mol. The predicted octanol–water partition coefficient (Wildman–Crippen LogP) is 2.27. The summed E-state index contributed by atoms with van der Waals surface area (Å²) < 4.78 is 0. The molecule has 0 saturated heterocycles. The molecule has 6 heteroatoms. The van der Waals surface area contributed by atoms with Crippen LogP contribution in [0.3, 0.4) is 0 Å². The number of hydrogen-bond donors (Lipinski definition) is 3. The average molecular weight is 276 g/mol. The number of aromatic hydroxyl groups is 1. The van der Waals surface area contributed by atoms with Gasteiger partial charge in [0.2, 0.25) is 0 Å². The molecule has 1 aromatic rings. The largest absolute Gasteiger partial charge is 0.508 e. The monoisotopic (exact) mass is 276 g/mol. The van der Waals surface area contributed by atoms with Crippen LogP contribution in [0.15, 0.2) is 29.8 Å². The van der Waals surface area contributed by atoms with E-state index in [1.807, 2.05) is 13.0 Å². The minimum atomic E-state index is -1.20. The second-order valence-corrected chi connectivity index (χ2v) is 4.71. The lowest BCUT2D eigenvalue weighted by Gasteiger charge is -2.26. The Balaban J connectivity index is 2.14. The topological polar surface area (TPSA) is 89.9 Å².